The number of phenolic OH excluding ortho intramolecular Hbond substituents is 1. The SMILES string of the molecule is N#CC1=C(N)Oc2cc(O)c3c(=O)cc(-c4ccccc4)oc3c2C1c1ccccc1Cl. The van der Waals surface area contributed by atoms with E-state index in [1.807, 2.05) is 18.2 Å². The normalized spacial score (nSPS) is 15.2. The molecule has 0 bridgehead atoms. The third kappa shape index (κ3) is 2.99. The molecule has 3 aromatic carbocycles. The molecule has 156 valence electrons. The summed E-state index contributed by atoms with van der Waals surface area (Å²) in [5, 5.41) is 20.9. The molecule has 0 fully saturated rings. The zero-order valence-corrected chi connectivity index (χ0v) is 17.3. The van der Waals surface area contributed by atoms with Crippen LogP contribution >= 0.6 is 11.6 Å². The van der Waals surface area contributed by atoms with Gasteiger partial charge in [0.05, 0.1) is 11.5 Å². The molecule has 1 aliphatic heterocycles. The van der Waals surface area contributed by atoms with Crippen LogP contribution in [-0.4, -0.2) is 5.11 Å². The Kier molecular flexibility index (Phi) is 4.62. The molecule has 0 saturated carbocycles. The number of nitrogens with two attached hydrogens (primary N) is 1. The smallest absolute Gasteiger partial charge is 0.205 e. The predicted molar refractivity (Wildman–Crippen MR) is 120 cm³/mol. The van der Waals surface area contributed by atoms with Gasteiger partial charge in [-0.25, -0.2) is 0 Å². The standard InChI is InChI=1S/C25H15ClN2O4/c26-16-9-5-4-8-14(16)21-15(12-27)25(28)32-20-11-18(30)22-17(29)10-19(31-24(22)23(20)21)13-6-2-1-3-7-13/h1-11,21,30H,28H2. The zero-order chi connectivity index (χ0) is 22.4. The van der Waals surface area contributed by atoms with Gasteiger partial charge in [-0.1, -0.05) is 60.1 Å². The van der Waals surface area contributed by atoms with Crippen LogP contribution in [0.2, 0.25) is 5.02 Å². The molecule has 1 atom stereocenters. The lowest BCUT2D eigenvalue weighted by Crippen LogP contribution is -2.22. The topological polar surface area (TPSA) is 109 Å². The number of nitriles is 1. The van der Waals surface area contributed by atoms with Gasteiger partial charge in [-0.3, -0.25) is 4.79 Å². The number of benzene rings is 3. The molecule has 1 aromatic heterocycles. The molecule has 0 amide bonds. The monoisotopic (exact) mass is 442 g/mol. The van der Waals surface area contributed by atoms with Crippen LogP contribution in [0.25, 0.3) is 22.3 Å². The van der Waals surface area contributed by atoms with E-state index in [0.717, 1.165) is 0 Å². The highest BCUT2D eigenvalue weighted by molar-refractivity contribution is 6.31. The average molecular weight is 443 g/mol. The van der Waals surface area contributed by atoms with Gasteiger partial charge in [-0.15, -0.1) is 0 Å². The lowest BCUT2D eigenvalue weighted by molar-refractivity contribution is 0.388. The molecule has 32 heavy (non-hydrogen) atoms. The maximum Gasteiger partial charge on any atom is 0.205 e. The van der Waals surface area contributed by atoms with E-state index < -0.39 is 11.3 Å². The van der Waals surface area contributed by atoms with E-state index >= 15 is 0 Å². The number of phenols is 1. The molecule has 7 heteroatoms. The van der Waals surface area contributed by atoms with E-state index in [0.29, 0.717) is 27.5 Å². The number of fused-ring (bicyclic) bond motifs is 3. The molecule has 0 aliphatic carbocycles. The highest BCUT2D eigenvalue weighted by atomic mass is 35.5. The van der Waals surface area contributed by atoms with Crippen molar-refractivity contribution in [3.05, 3.63) is 105 Å². The lowest BCUT2D eigenvalue weighted by Gasteiger charge is -2.27. The van der Waals surface area contributed by atoms with Gasteiger partial charge < -0.3 is 20.0 Å². The van der Waals surface area contributed by atoms with Gasteiger partial charge in [0, 0.05) is 22.7 Å². The summed E-state index contributed by atoms with van der Waals surface area (Å²) in [6.45, 7) is 0. The molecule has 1 aliphatic rings. The first kappa shape index (κ1) is 19.7. The first-order valence-corrected chi connectivity index (χ1v) is 10.1. The molecule has 0 radical (unpaired) electrons. The van der Waals surface area contributed by atoms with Crippen molar-refractivity contribution in [3.63, 3.8) is 0 Å². The number of hydrogen-bond acceptors (Lipinski definition) is 6. The summed E-state index contributed by atoms with van der Waals surface area (Å²) < 4.78 is 11.8. The van der Waals surface area contributed by atoms with Crippen molar-refractivity contribution in [2.45, 2.75) is 5.92 Å². The van der Waals surface area contributed by atoms with Crippen LogP contribution in [0.3, 0.4) is 0 Å². The van der Waals surface area contributed by atoms with Gasteiger partial charge in [0.2, 0.25) is 5.88 Å². The second-order valence-electron chi connectivity index (χ2n) is 7.30. The van der Waals surface area contributed by atoms with Crippen LogP contribution in [0.5, 0.6) is 11.5 Å². The first-order valence-electron chi connectivity index (χ1n) is 9.70. The largest absolute Gasteiger partial charge is 0.507 e. The van der Waals surface area contributed by atoms with Crippen molar-refractivity contribution >= 4 is 22.6 Å². The van der Waals surface area contributed by atoms with E-state index in [2.05, 4.69) is 6.07 Å². The summed E-state index contributed by atoms with van der Waals surface area (Å²) in [7, 11) is 0. The molecule has 5 rings (SSSR count). The molecule has 3 N–H and O–H groups in total. The Labute approximate surface area is 187 Å². The third-order valence-electron chi connectivity index (χ3n) is 5.44. The molecule has 0 saturated heterocycles. The highest BCUT2D eigenvalue weighted by Crippen LogP contribution is 2.49. The zero-order valence-electron chi connectivity index (χ0n) is 16.5. The Bertz CT molecular complexity index is 1520. The number of rotatable bonds is 2. The minimum absolute atomic E-state index is 0.0122. The summed E-state index contributed by atoms with van der Waals surface area (Å²) in [4.78, 5) is 13.0. The molecule has 6 nitrogen and oxygen atoms in total. The number of nitrogens with zero attached hydrogens (tertiary/aromatic N) is 1. The van der Waals surface area contributed by atoms with Crippen LogP contribution in [-0.2, 0) is 0 Å². The molecular formula is C25H15ClN2O4. The average Bonchev–Trinajstić information content (AvgIpc) is 2.79. The van der Waals surface area contributed by atoms with Crippen molar-refractivity contribution in [1.29, 1.82) is 5.26 Å². The van der Waals surface area contributed by atoms with E-state index in [4.69, 9.17) is 26.5 Å². The van der Waals surface area contributed by atoms with Gasteiger partial charge in [0.25, 0.3) is 0 Å². The van der Waals surface area contributed by atoms with Gasteiger partial charge in [-0.2, -0.15) is 5.26 Å². The van der Waals surface area contributed by atoms with Gasteiger partial charge in [0.15, 0.2) is 5.43 Å². The van der Waals surface area contributed by atoms with E-state index in [1.165, 1.54) is 12.1 Å². The van der Waals surface area contributed by atoms with Crippen LogP contribution in [0, 0.1) is 11.3 Å². The Hall–Kier alpha value is -4.21. The molecule has 2 heterocycles. The molecule has 4 aromatic rings. The fraction of sp³-hybridized carbons (Fsp3) is 0.0400. The van der Waals surface area contributed by atoms with Crippen LogP contribution in [0.15, 0.2) is 87.4 Å². The number of hydrogen-bond donors (Lipinski definition) is 2. The van der Waals surface area contributed by atoms with Crippen LogP contribution in [0.1, 0.15) is 17.0 Å². The van der Waals surface area contributed by atoms with E-state index in [-0.39, 0.29) is 33.9 Å². The van der Waals surface area contributed by atoms with Gasteiger partial charge in [-0.05, 0) is 11.6 Å². The quantitative estimate of drug-likeness (QED) is 0.450. The summed E-state index contributed by atoms with van der Waals surface area (Å²) in [5.41, 5.74) is 7.53. The first-order chi connectivity index (χ1) is 15.5. The predicted octanol–water partition coefficient (Wildman–Crippen LogP) is 5.04. The maximum absolute atomic E-state index is 13.0. The van der Waals surface area contributed by atoms with Crippen molar-refractivity contribution < 1.29 is 14.3 Å². The fourth-order valence-corrected chi connectivity index (χ4v) is 4.26. The number of allylic oxidation sites excluding steroid dienone is 1. The summed E-state index contributed by atoms with van der Waals surface area (Å²) in [5.74, 6) is -0.669. The van der Waals surface area contributed by atoms with Crippen molar-refractivity contribution in [2.24, 2.45) is 5.73 Å². The molecule has 0 spiro atoms. The number of ether oxygens (including phenoxy) is 1. The third-order valence-corrected chi connectivity index (χ3v) is 5.78. The Morgan fingerprint density at radius 3 is 2.50 bits per heavy atom. The van der Waals surface area contributed by atoms with Gasteiger partial charge in [0.1, 0.15) is 39.9 Å². The number of halogens is 1. The van der Waals surface area contributed by atoms with E-state index in [9.17, 15) is 15.2 Å². The van der Waals surface area contributed by atoms with E-state index in [1.54, 1.807) is 36.4 Å². The minimum Gasteiger partial charge on any atom is -0.507 e. The summed E-state index contributed by atoms with van der Waals surface area (Å²) in [6, 6.07) is 20.9. The number of aromatic hydroxyl groups is 1. The maximum atomic E-state index is 13.0. The second kappa shape index (κ2) is 7.49. The highest BCUT2D eigenvalue weighted by Gasteiger charge is 2.36. The minimum atomic E-state index is -0.755. The molecule has 1 unspecified atom stereocenters. The summed E-state index contributed by atoms with van der Waals surface area (Å²) in [6.07, 6.45) is 0. The Morgan fingerprint density at radius 1 is 1.06 bits per heavy atom. The Balaban J connectivity index is 1.91. The Morgan fingerprint density at radius 2 is 1.78 bits per heavy atom. The van der Waals surface area contributed by atoms with Crippen molar-refractivity contribution in [2.75, 3.05) is 0 Å². The fourth-order valence-electron chi connectivity index (χ4n) is 4.01. The van der Waals surface area contributed by atoms with Crippen molar-refractivity contribution in [1.82, 2.24) is 0 Å². The van der Waals surface area contributed by atoms with Crippen LogP contribution in [0.4, 0.5) is 0 Å². The van der Waals surface area contributed by atoms with Crippen molar-refractivity contribution in [3.8, 4) is 28.9 Å². The van der Waals surface area contributed by atoms with Gasteiger partial charge >= 0.3 is 0 Å². The van der Waals surface area contributed by atoms with Crippen LogP contribution < -0.4 is 15.9 Å². The molecular weight excluding hydrogens is 428 g/mol. The second-order valence-corrected chi connectivity index (χ2v) is 7.71. The summed E-state index contributed by atoms with van der Waals surface area (Å²) >= 11 is 6.48. The lowest BCUT2D eigenvalue weighted by atomic mass is 9.82.